The van der Waals surface area contributed by atoms with Crippen LogP contribution in [0.25, 0.3) is 0 Å². The molecule has 1 aromatic carbocycles. The van der Waals surface area contributed by atoms with Crippen molar-refractivity contribution >= 4 is 28.9 Å². The van der Waals surface area contributed by atoms with Crippen molar-refractivity contribution in [1.29, 1.82) is 0 Å². The molecule has 29 heavy (non-hydrogen) atoms. The van der Waals surface area contributed by atoms with Gasteiger partial charge in [-0.1, -0.05) is 12.1 Å². The average Bonchev–Trinajstić information content (AvgIpc) is 2.88. The molecule has 0 saturated carbocycles. The van der Waals surface area contributed by atoms with Gasteiger partial charge in [-0.25, -0.2) is 0 Å². The summed E-state index contributed by atoms with van der Waals surface area (Å²) in [6, 6.07) is 7.84. The van der Waals surface area contributed by atoms with Gasteiger partial charge in [0, 0.05) is 45.7 Å². The van der Waals surface area contributed by atoms with Crippen molar-refractivity contribution in [3.8, 4) is 0 Å². The molecule has 154 valence electrons. The number of hydrogen-bond donors (Lipinski definition) is 1. The zero-order valence-electron chi connectivity index (χ0n) is 17.5. The van der Waals surface area contributed by atoms with Crippen LogP contribution in [0.1, 0.15) is 29.5 Å². The van der Waals surface area contributed by atoms with Gasteiger partial charge in [-0.3, -0.25) is 24.1 Å². The van der Waals surface area contributed by atoms with Crippen molar-refractivity contribution in [1.82, 2.24) is 19.6 Å². The molecule has 2 amide bonds. The summed E-state index contributed by atoms with van der Waals surface area (Å²) in [6.45, 7) is 7.71. The average molecular weight is 396 g/mol. The van der Waals surface area contributed by atoms with Gasteiger partial charge in [0.1, 0.15) is 5.69 Å². The van der Waals surface area contributed by atoms with E-state index in [0.717, 1.165) is 19.6 Å². The Morgan fingerprint density at radius 2 is 2.00 bits per heavy atom. The van der Waals surface area contributed by atoms with Crippen LogP contribution in [0.5, 0.6) is 0 Å². The van der Waals surface area contributed by atoms with Crippen LogP contribution in [0.4, 0.5) is 17.1 Å². The number of carbonyl (C=O) groups is 2. The number of anilines is 3. The van der Waals surface area contributed by atoms with E-state index in [9.17, 15) is 9.59 Å². The molecule has 0 aliphatic carbocycles. The third kappa shape index (κ3) is 3.54. The van der Waals surface area contributed by atoms with Crippen LogP contribution in [0.15, 0.2) is 24.3 Å². The van der Waals surface area contributed by atoms with Crippen molar-refractivity contribution < 1.29 is 9.59 Å². The quantitative estimate of drug-likeness (QED) is 0.859. The normalized spacial score (nSPS) is 20.1. The first kappa shape index (κ1) is 19.6. The predicted octanol–water partition coefficient (Wildman–Crippen LogP) is 1.98. The van der Waals surface area contributed by atoms with E-state index in [1.807, 2.05) is 31.2 Å². The van der Waals surface area contributed by atoms with Crippen LogP contribution in [-0.2, 0) is 11.8 Å². The number of para-hydroxylation sites is 2. The molecule has 1 aromatic heterocycles. The van der Waals surface area contributed by atoms with Crippen molar-refractivity contribution in [2.24, 2.45) is 7.05 Å². The first-order valence-electron chi connectivity index (χ1n) is 10.1. The van der Waals surface area contributed by atoms with Crippen LogP contribution in [0.2, 0.25) is 0 Å². The van der Waals surface area contributed by atoms with E-state index in [4.69, 9.17) is 0 Å². The van der Waals surface area contributed by atoms with Crippen LogP contribution in [-0.4, -0.2) is 70.7 Å². The number of hydrogen-bond acceptors (Lipinski definition) is 5. The predicted molar refractivity (Wildman–Crippen MR) is 113 cm³/mol. The maximum absolute atomic E-state index is 13.5. The summed E-state index contributed by atoms with van der Waals surface area (Å²) in [5.74, 6) is -0.282. The van der Waals surface area contributed by atoms with Crippen molar-refractivity contribution in [2.75, 3.05) is 43.4 Å². The number of benzene rings is 1. The summed E-state index contributed by atoms with van der Waals surface area (Å²) in [4.78, 5) is 32.6. The summed E-state index contributed by atoms with van der Waals surface area (Å²) in [7, 11) is 3.86. The Bertz CT molecular complexity index is 953. The topological polar surface area (TPSA) is 73.7 Å². The molecule has 1 N–H and O–H groups in total. The molecule has 0 bridgehead atoms. The smallest absolute Gasteiger partial charge is 0.276 e. The molecule has 1 atom stereocenters. The second kappa shape index (κ2) is 7.61. The molecule has 3 heterocycles. The van der Waals surface area contributed by atoms with Crippen LogP contribution in [0.3, 0.4) is 0 Å². The van der Waals surface area contributed by atoms with E-state index in [2.05, 4.69) is 34.2 Å². The van der Waals surface area contributed by atoms with Gasteiger partial charge < -0.3 is 10.2 Å². The Labute approximate surface area is 171 Å². The summed E-state index contributed by atoms with van der Waals surface area (Å²) < 4.78 is 1.55. The lowest BCUT2D eigenvalue weighted by molar-refractivity contribution is -0.118. The lowest BCUT2D eigenvalue weighted by atomic mass is 10.1. The Hall–Kier alpha value is -2.71. The molecular formula is C21H28N6O2. The summed E-state index contributed by atoms with van der Waals surface area (Å²) in [5.41, 5.74) is 2.96. The number of aryl methyl sites for hydroxylation is 2. The highest BCUT2D eigenvalue weighted by molar-refractivity contribution is 6.17. The van der Waals surface area contributed by atoms with Crippen molar-refractivity contribution in [2.45, 2.75) is 26.3 Å². The maximum Gasteiger partial charge on any atom is 0.276 e. The number of nitrogens with zero attached hydrogens (tertiary/aromatic N) is 5. The van der Waals surface area contributed by atoms with Gasteiger partial charge in [-0.2, -0.15) is 5.10 Å². The van der Waals surface area contributed by atoms with E-state index in [0.29, 0.717) is 47.5 Å². The van der Waals surface area contributed by atoms with Gasteiger partial charge in [0.05, 0.1) is 17.1 Å². The molecule has 1 saturated heterocycles. The number of amides is 2. The van der Waals surface area contributed by atoms with E-state index in [1.165, 1.54) is 0 Å². The summed E-state index contributed by atoms with van der Waals surface area (Å²) >= 11 is 0. The zero-order chi connectivity index (χ0) is 20.7. The first-order chi connectivity index (χ1) is 13.9. The Balaban J connectivity index is 1.66. The largest absolute Gasteiger partial charge is 0.319 e. The summed E-state index contributed by atoms with van der Waals surface area (Å²) in [6.07, 6.45) is 0.379. The molecule has 2 aliphatic heterocycles. The Kier molecular flexibility index (Phi) is 5.14. The van der Waals surface area contributed by atoms with Gasteiger partial charge in [0.25, 0.3) is 5.91 Å². The molecule has 1 unspecified atom stereocenters. The Morgan fingerprint density at radius 1 is 1.24 bits per heavy atom. The molecule has 4 rings (SSSR count). The van der Waals surface area contributed by atoms with E-state index >= 15 is 0 Å². The number of rotatable bonds is 3. The number of piperazine rings is 1. The lowest BCUT2D eigenvalue weighted by Gasteiger charge is -2.38. The molecule has 2 aromatic rings. The summed E-state index contributed by atoms with van der Waals surface area (Å²) in [5, 5.41) is 7.33. The van der Waals surface area contributed by atoms with Gasteiger partial charge in [0.15, 0.2) is 5.69 Å². The third-order valence-electron chi connectivity index (χ3n) is 5.85. The minimum atomic E-state index is -0.251. The molecule has 8 heteroatoms. The van der Waals surface area contributed by atoms with Crippen molar-refractivity contribution in [3.05, 3.63) is 35.7 Å². The molecule has 1 fully saturated rings. The minimum absolute atomic E-state index is 0.0302. The fourth-order valence-electron chi connectivity index (χ4n) is 4.37. The number of carbonyl (C=O) groups excluding carboxylic acids is 2. The second-order valence-corrected chi connectivity index (χ2v) is 8.00. The number of likely N-dealkylation sites (N-methyl/N-ethyl adjacent to an activating group) is 1. The van der Waals surface area contributed by atoms with Gasteiger partial charge in [-0.05, 0) is 33.0 Å². The van der Waals surface area contributed by atoms with Crippen LogP contribution < -0.4 is 10.2 Å². The maximum atomic E-state index is 13.5. The number of nitrogens with one attached hydrogen (secondary N) is 1. The van der Waals surface area contributed by atoms with Gasteiger partial charge >= 0.3 is 0 Å². The highest BCUT2D eigenvalue weighted by Crippen LogP contribution is 2.39. The molecule has 0 spiro atoms. The van der Waals surface area contributed by atoms with Gasteiger partial charge in [-0.15, -0.1) is 0 Å². The first-order valence-corrected chi connectivity index (χ1v) is 10.1. The monoisotopic (exact) mass is 396 g/mol. The van der Waals surface area contributed by atoms with E-state index in [-0.39, 0.29) is 11.8 Å². The standard InChI is InChI=1S/C21H28N6O2/c1-14-13-24(3)11-12-26(14)10-9-18(28)27-17-8-6-5-7-16(17)22-21(29)20-19(27)15(2)23-25(20)4/h5-8,14H,9-13H2,1-4H3,(H,22,29). The SMILES string of the molecule is Cc1nn(C)c2c1N(C(=O)CCN1CCN(C)CC1C)c1ccccc1NC2=O. The fraction of sp³-hybridized carbons (Fsp3) is 0.476. The van der Waals surface area contributed by atoms with E-state index in [1.54, 1.807) is 16.6 Å². The number of aromatic nitrogens is 2. The highest BCUT2D eigenvalue weighted by atomic mass is 16.2. The second-order valence-electron chi connectivity index (χ2n) is 8.00. The van der Waals surface area contributed by atoms with Crippen molar-refractivity contribution in [3.63, 3.8) is 0 Å². The molecule has 0 radical (unpaired) electrons. The van der Waals surface area contributed by atoms with Crippen LogP contribution in [0, 0.1) is 6.92 Å². The zero-order valence-corrected chi connectivity index (χ0v) is 17.5. The van der Waals surface area contributed by atoms with E-state index < -0.39 is 0 Å². The molecular weight excluding hydrogens is 368 g/mol. The molecule has 2 aliphatic rings. The highest BCUT2D eigenvalue weighted by Gasteiger charge is 2.34. The molecule has 8 nitrogen and oxygen atoms in total. The van der Waals surface area contributed by atoms with Gasteiger partial charge in [0.2, 0.25) is 5.91 Å². The van der Waals surface area contributed by atoms with Crippen LogP contribution >= 0.6 is 0 Å². The third-order valence-corrected chi connectivity index (χ3v) is 5.85. The minimum Gasteiger partial charge on any atom is -0.319 e. The Morgan fingerprint density at radius 3 is 2.76 bits per heavy atom. The lowest BCUT2D eigenvalue weighted by Crippen LogP contribution is -2.51. The fourth-order valence-corrected chi connectivity index (χ4v) is 4.37. The number of fused-ring (bicyclic) bond motifs is 2.